The molecule has 1 aliphatic carbocycles. The molecule has 4 nitrogen and oxygen atoms in total. The Bertz CT molecular complexity index is 461. The van der Waals surface area contributed by atoms with E-state index < -0.39 is 0 Å². The van der Waals surface area contributed by atoms with Crippen LogP contribution in [-0.4, -0.2) is 35.5 Å². The summed E-state index contributed by atoms with van der Waals surface area (Å²) >= 11 is 1.81. The smallest absolute Gasteiger partial charge is 0.220 e. The van der Waals surface area contributed by atoms with Gasteiger partial charge in [-0.1, -0.05) is 19.1 Å². The molecular formula is C18H29NO3S. The van der Waals surface area contributed by atoms with Crippen molar-refractivity contribution in [1.29, 1.82) is 0 Å². The standard InChI is InChI=1S/C18H29NO3S/c1-12(2)14-10-16(21)13(3)17(11-14)23-9-5-6-15(20)7-8-18(22)19-4/h13-14,17H,1,5-11H2,2-4H3,(H,19,22). The average Bonchev–Trinajstić information content (AvgIpc) is 2.52. The second-order valence-electron chi connectivity index (χ2n) is 6.46. The van der Waals surface area contributed by atoms with Crippen molar-refractivity contribution in [3.8, 4) is 0 Å². The first kappa shape index (κ1) is 19.9. The lowest BCUT2D eigenvalue weighted by Gasteiger charge is -2.33. The van der Waals surface area contributed by atoms with E-state index in [1.165, 1.54) is 0 Å². The van der Waals surface area contributed by atoms with Crippen molar-refractivity contribution >= 4 is 29.2 Å². The largest absolute Gasteiger partial charge is 0.359 e. The molecule has 0 radical (unpaired) electrons. The van der Waals surface area contributed by atoms with Crippen molar-refractivity contribution in [1.82, 2.24) is 5.32 Å². The Hall–Kier alpha value is -1.10. The third kappa shape index (κ3) is 6.90. The molecule has 0 aromatic rings. The van der Waals surface area contributed by atoms with Gasteiger partial charge < -0.3 is 5.32 Å². The molecule has 1 aliphatic rings. The Kier molecular flexibility index (Phi) is 8.59. The third-order valence-corrected chi connectivity index (χ3v) is 6.12. The van der Waals surface area contributed by atoms with Crippen molar-refractivity contribution in [3.05, 3.63) is 12.2 Å². The molecule has 0 heterocycles. The summed E-state index contributed by atoms with van der Waals surface area (Å²) in [5.74, 6) is 1.68. The number of carbonyl (C=O) groups is 3. The van der Waals surface area contributed by atoms with Gasteiger partial charge in [0.15, 0.2) is 0 Å². The predicted octanol–water partition coefficient (Wildman–Crippen LogP) is 3.16. The molecule has 0 aromatic heterocycles. The van der Waals surface area contributed by atoms with Gasteiger partial charge in [0.1, 0.15) is 11.6 Å². The van der Waals surface area contributed by atoms with Crippen LogP contribution in [0.2, 0.25) is 0 Å². The number of nitrogens with one attached hydrogen (secondary N) is 1. The van der Waals surface area contributed by atoms with Crippen LogP contribution in [0, 0.1) is 11.8 Å². The number of allylic oxidation sites excluding steroid dienone is 1. The molecule has 1 N–H and O–H groups in total. The number of ketones is 2. The van der Waals surface area contributed by atoms with Gasteiger partial charge in [-0.05, 0) is 31.4 Å². The second-order valence-corrected chi connectivity index (χ2v) is 7.81. The van der Waals surface area contributed by atoms with Crippen LogP contribution in [0.4, 0.5) is 0 Å². The van der Waals surface area contributed by atoms with Crippen LogP contribution < -0.4 is 5.32 Å². The van der Waals surface area contributed by atoms with E-state index in [0.717, 1.165) is 24.2 Å². The monoisotopic (exact) mass is 339 g/mol. The lowest BCUT2D eigenvalue weighted by Crippen LogP contribution is -2.33. The van der Waals surface area contributed by atoms with E-state index in [-0.39, 0.29) is 24.0 Å². The Morgan fingerprint density at radius 1 is 1.30 bits per heavy atom. The normalized spacial score (nSPS) is 24.3. The Morgan fingerprint density at radius 3 is 2.61 bits per heavy atom. The number of Topliss-reactive ketones (excluding diaryl/α,β-unsaturated/α-hetero) is 2. The predicted molar refractivity (Wildman–Crippen MR) is 95.5 cm³/mol. The average molecular weight is 340 g/mol. The number of hydrogen-bond acceptors (Lipinski definition) is 4. The van der Waals surface area contributed by atoms with Crippen molar-refractivity contribution in [3.63, 3.8) is 0 Å². The fraction of sp³-hybridized carbons (Fsp3) is 0.722. The zero-order chi connectivity index (χ0) is 17.4. The van der Waals surface area contributed by atoms with Crippen LogP contribution in [0.5, 0.6) is 0 Å². The lowest BCUT2D eigenvalue weighted by molar-refractivity contribution is -0.125. The third-order valence-electron chi connectivity index (χ3n) is 4.57. The van der Waals surface area contributed by atoms with Crippen LogP contribution in [0.15, 0.2) is 12.2 Å². The van der Waals surface area contributed by atoms with Crippen LogP contribution in [0.3, 0.4) is 0 Å². The molecule has 0 spiro atoms. The van der Waals surface area contributed by atoms with Crippen LogP contribution in [0.1, 0.15) is 52.4 Å². The van der Waals surface area contributed by atoms with Gasteiger partial charge in [-0.2, -0.15) is 11.8 Å². The van der Waals surface area contributed by atoms with Gasteiger partial charge in [0.05, 0.1) is 0 Å². The summed E-state index contributed by atoms with van der Waals surface area (Å²) < 4.78 is 0. The fourth-order valence-electron chi connectivity index (χ4n) is 2.80. The van der Waals surface area contributed by atoms with Gasteiger partial charge in [0.25, 0.3) is 0 Å². The van der Waals surface area contributed by atoms with E-state index in [1.807, 2.05) is 25.6 Å². The first-order valence-corrected chi connectivity index (χ1v) is 9.42. The molecule has 23 heavy (non-hydrogen) atoms. The van der Waals surface area contributed by atoms with Crippen molar-refractivity contribution in [2.24, 2.45) is 11.8 Å². The highest BCUT2D eigenvalue weighted by molar-refractivity contribution is 7.99. The quantitative estimate of drug-likeness (QED) is 0.518. The van der Waals surface area contributed by atoms with Crippen molar-refractivity contribution in [2.45, 2.75) is 57.6 Å². The van der Waals surface area contributed by atoms with Gasteiger partial charge in [0.2, 0.25) is 5.91 Å². The van der Waals surface area contributed by atoms with Crippen molar-refractivity contribution in [2.75, 3.05) is 12.8 Å². The Balaban J connectivity index is 2.28. The topological polar surface area (TPSA) is 63.2 Å². The summed E-state index contributed by atoms with van der Waals surface area (Å²) in [5, 5.41) is 2.85. The number of thioether (sulfide) groups is 1. The number of hydrogen-bond donors (Lipinski definition) is 1. The maximum absolute atomic E-state index is 12.1. The SMILES string of the molecule is C=C(C)C1CC(=O)C(C)C(SCCCC(=O)CCC(=O)NC)C1. The number of carbonyl (C=O) groups excluding carboxylic acids is 3. The molecule has 1 amide bonds. The summed E-state index contributed by atoms with van der Waals surface area (Å²) in [4.78, 5) is 34.9. The molecule has 3 unspecified atom stereocenters. The summed E-state index contributed by atoms with van der Waals surface area (Å²) in [6.07, 6.45) is 3.57. The minimum atomic E-state index is -0.0897. The molecule has 130 valence electrons. The minimum absolute atomic E-state index is 0.0897. The first-order chi connectivity index (χ1) is 10.8. The highest BCUT2D eigenvalue weighted by atomic mass is 32.2. The van der Waals surface area contributed by atoms with Crippen LogP contribution in [0.25, 0.3) is 0 Å². The molecule has 1 rings (SSSR count). The summed E-state index contributed by atoms with van der Waals surface area (Å²) in [6, 6.07) is 0. The molecule has 1 saturated carbocycles. The van der Waals surface area contributed by atoms with E-state index in [1.54, 1.807) is 7.05 Å². The van der Waals surface area contributed by atoms with Crippen molar-refractivity contribution < 1.29 is 14.4 Å². The fourth-order valence-corrected chi connectivity index (χ4v) is 4.22. The highest BCUT2D eigenvalue weighted by Crippen LogP contribution is 2.37. The maximum Gasteiger partial charge on any atom is 0.220 e. The van der Waals surface area contributed by atoms with E-state index >= 15 is 0 Å². The molecule has 1 fully saturated rings. The minimum Gasteiger partial charge on any atom is -0.359 e. The summed E-state index contributed by atoms with van der Waals surface area (Å²) in [7, 11) is 1.58. The zero-order valence-corrected chi connectivity index (χ0v) is 15.3. The van der Waals surface area contributed by atoms with E-state index in [4.69, 9.17) is 0 Å². The number of amides is 1. The van der Waals surface area contributed by atoms with Gasteiger partial charge in [0, 0.05) is 43.9 Å². The maximum atomic E-state index is 12.1. The van der Waals surface area contributed by atoms with Gasteiger partial charge in [-0.25, -0.2) is 0 Å². The molecular weight excluding hydrogens is 310 g/mol. The van der Waals surface area contributed by atoms with E-state index in [2.05, 4.69) is 11.9 Å². The first-order valence-electron chi connectivity index (χ1n) is 8.37. The second kappa shape index (κ2) is 9.91. The summed E-state index contributed by atoms with van der Waals surface area (Å²) in [6.45, 7) is 8.01. The molecule has 5 heteroatoms. The lowest BCUT2D eigenvalue weighted by atomic mass is 9.79. The Morgan fingerprint density at radius 2 is 2.00 bits per heavy atom. The van der Waals surface area contributed by atoms with Crippen LogP contribution >= 0.6 is 11.8 Å². The van der Waals surface area contributed by atoms with Gasteiger partial charge >= 0.3 is 0 Å². The van der Waals surface area contributed by atoms with Gasteiger partial charge in [-0.15, -0.1) is 0 Å². The highest BCUT2D eigenvalue weighted by Gasteiger charge is 2.34. The Labute approximate surface area is 143 Å². The van der Waals surface area contributed by atoms with E-state index in [0.29, 0.717) is 36.2 Å². The molecule has 0 bridgehead atoms. The molecule has 0 aromatic carbocycles. The van der Waals surface area contributed by atoms with E-state index in [9.17, 15) is 14.4 Å². The van der Waals surface area contributed by atoms with Gasteiger partial charge in [-0.3, -0.25) is 14.4 Å². The zero-order valence-electron chi connectivity index (χ0n) is 14.5. The molecule has 0 aliphatic heterocycles. The summed E-state index contributed by atoms with van der Waals surface area (Å²) in [5.41, 5.74) is 1.10. The van der Waals surface area contributed by atoms with Crippen LogP contribution in [-0.2, 0) is 14.4 Å². The molecule has 3 atom stereocenters. The number of rotatable bonds is 9. The molecule has 0 saturated heterocycles.